The van der Waals surface area contributed by atoms with Crippen molar-refractivity contribution in [3.8, 4) is 0 Å². The fourth-order valence-electron chi connectivity index (χ4n) is 5.35. The van der Waals surface area contributed by atoms with Crippen LogP contribution in [0.5, 0.6) is 0 Å². The molecule has 0 spiro atoms. The number of esters is 1. The van der Waals surface area contributed by atoms with Gasteiger partial charge in [-0.15, -0.1) is 0 Å². The number of thiol groups is 1. The summed E-state index contributed by atoms with van der Waals surface area (Å²) in [6, 6.07) is 10.0. The van der Waals surface area contributed by atoms with Gasteiger partial charge in [-0.2, -0.15) is 0 Å². The molecule has 1 aromatic rings. The predicted octanol–water partition coefficient (Wildman–Crippen LogP) is 7.03. The van der Waals surface area contributed by atoms with Crippen LogP contribution in [0.1, 0.15) is 97.7 Å². The molecular weight excluding hydrogens is 571 g/mol. The molecule has 2 aliphatic heterocycles. The van der Waals surface area contributed by atoms with Crippen molar-refractivity contribution in [2.75, 3.05) is 39.0 Å². The van der Waals surface area contributed by atoms with E-state index in [0.717, 1.165) is 70.5 Å². The molecule has 2 saturated heterocycles. The van der Waals surface area contributed by atoms with Crippen LogP contribution in [0.4, 0.5) is 9.59 Å². The molecule has 10 heteroatoms. The van der Waals surface area contributed by atoms with Crippen molar-refractivity contribution in [1.82, 2.24) is 14.7 Å². The summed E-state index contributed by atoms with van der Waals surface area (Å²) in [5, 5.41) is 10.2. The molecule has 0 radical (unpaired) electrons. The van der Waals surface area contributed by atoms with Gasteiger partial charge in [0, 0.05) is 38.3 Å². The minimum absolute atomic E-state index is 0.0467. The van der Waals surface area contributed by atoms with Gasteiger partial charge in [0.1, 0.15) is 6.10 Å². The van der Waals surface area contributed by atoms with Crippen LogP contribution in [-0.4, -0.2) is 93.4 Å². The molecule has 3 rings (SSSR count). The first-order valence-electron chi connectivity index (χ1n) is 15.7. The van der Waals surface area contributed by atoms with Gasteiger partial charge in [0.25, 0.3) is 10.5 Å². The van der Waals surface area contributed by atoms with E-state index in [1.807, 2.05) is 30.0 Å². The number of hydrogen-bond acceptors (Lipinski definition) is 7. The summed E-state index contributed by atoms with van der Waals surface area (Å²) in [4.78, 5) is 40.3. The lowest BCUT2D eigenvalue weighted by molar-refractivity contribution is -0.162. The van der Waals surface area contributed by atoms with Gasteiger partial charge in [0.2, 0.25) is 0 Å². The van der Waals surface area contributed by atoms with Crippen LogP contribution in [0.25, 0.3) is 0 Å². The van der Waals surface area contributed by atoms with E-state index < -0.39 is 12.1 Å². The topological polar surface area (TPSA) is 90.4 Å². The zero-order chi connectivity index (χ0) is 31.5. The largest absolute Gasteiger partial charge is 0.460 e. The molecule has 8 nitrogen and oxygen atoms in total. The number of carbonyl (C=O) groups excluding carboxylic acids is 3. The highest BCUT2D eigenvalue weighted by molar-refractivity contribution is 8.13. The van der Waals surface area contributed by atoms with Crippen LogP contribution in [0.3, 0.4) is 0 Å². The lowest BCUT2D eigenvalue weighted by Crippen LogP contribution is -2.43. The second-order valence-corrected chi connectivity index (χ2v) is 12.4. The smallest absolute Gasteiger partial charge is 0.339 e. The Bertz CT molecular complexity index is 881. The van der Waals surface area contributed by atoms with E-state index in [-0.39, 0.29) is 16.6 Å². The highest BCUT2D eigenvalue weighted by Gasteiger charge is 2.40. The number of thioether (sulfide) groups is 1. The molecule has 2 fully saturated rings. The molecular formula is C32H55N3O5S2. The Hall–Kier alpha value is -1.75. The number of carbonyl (C=O) groups is 3. The monoisotopic (exact) mass is 625 g/mol. The summed E-state index contributed by atoms with van der Waals surface area (Å²) in [6.45, 7) is 13.8. The minimum atomic E-state index is -1.17. The average molecular weight is 626 g/mol. The maximum atomic E-state index is 12.0. The van der Waals surface area contributed by atoms with Gasteiger partial charge in [-0.25, -0.2) is 4.79 Å². The Kier molecular flexibility index (Phi) is 19.9. The van der Waals surface area contributed by atoms with E-state index in [0.29, 0.717) is 17.6 Å². The highest BCUT2D eigenvalue weighted by atomic mass is 32.2. The first-order valence-corrected chi connectivity index (χ1v) is 17.1. The predicted molar refractivity (Wildman–Crippen MR) is 177 cm³/mol. The van der Waals surface area contributed by atoms with Crippen molar-refractivity contribution in [3.05, 3.63) is 35.9 Å². The van der Waals surface area contributed by atoms with Crippen molar-refractivity contribution in [1.29, 1.82) is 0 Å². The van der Waals surface area contributed by atoms with E-state index in [2.05, 4.69) is 52.3 Å². The van der Waals surface area contributed by atoms with Crippen LogP contribution in [0.2, 0.25) is 0 Å². The molecule has 4 atom stereocenters. The normalized spacial score (nSPS) is 19.9. The molecule has 0 saturated carbocycles. The summed E-state index contributed by atoms with van der Waals surface area (Å²) < 4.78 is 5.52. The quantitative estimate of drug-likeness (QED) is 0.190. The number of nitrogens with zero attached hydrogens (tertiary/aromatic N) is 3. The van der Waals surface area contributed by atoms with Crippen LogP contribution in [-0.2, 0) is 9.53 Å². The van der Waals surface area contributed by atoms with Crippen LogP contribution < -0.4 is 0 Å². The number of ether oxygens (including phenoxy) is 1. The third-order valence-corrected chi connectivity index (χ3v) is 8.52. The van der Waals surface area contributed by atoms with Crippen molar-refractivity contribution in [3.63, 3.8) is 0 Å². The highest BCUT2D eigenvalue weighted by Crippen LogP contribution is 2.36. The van der Waals surface area contributed by atoms with Gasteiger partial charge in [-0.1, -0.05) is 89.3 Å². The third kappa shape index (κ3) is 13.7. The van der Waals surface area contributed by atoms with Gasteiger partial charge in [-0.05, 0) is 69.7 Å². The van der Waals surface area contributed by atoms with Gasteiger partial charge in [-0.3, -0.25) is 9.59 Å². The fourth-order valence-corrected chi connectivity index (χ4v) is 6.16. The number of rotatable bonds is 12. The fraction of sp³-hybridized carbons (Fsp3) is 0.719. The summed E-state index contributed by atoms with van der Waals surface area (Å²) in [5.74, 6) is 0.355. The molecule has 2 aliphatic rings. The number of amides is 2. The number of hydrogen-bond donors (Lipinski definition) is 2. The molecule has 0 aromatic heterocycles. The van der Waals surface area contributed by atoms with E-state index in [4.69, 9.17) is 4.74 Å². The van der Waals surface area contributed by atoms with Crippen molar-refractivity contribution in [2.24, 2.45) is 0 Å². The van der Waals surface area contributed by atoms with Gasteiger partial charge >= 0.3 is 5.97 Å². The number of benzene rings is 1. The van der Waals surface area contributed by atoms with E-state index in [9.17, 15) is 19.5 Å². The van der Waals surface area contributed by atoms with Gasteiger partial charge in [0.15, 0.2) is 6.10 Å². The summed E-state index contributed by atoms with van der Waals surface area (Å²) in [7, 11) is 2.15. The summed E-state index contributed by atoms with van der Waals surface area (Å²) in [6.07, 6.45) is 7.06. The van der Waals surface area contributed by atoms with Crippen LogP contribution in [0.15, 0.2) is 30.3 Å². The second kappa shape index (κ2) is 21.9. The first kappa shape index (κ1) is 38.3. The molecule has 2 heterocycles. The standard InChI is InChI=1S/C16H21NO3.C9H19NOS.C7H15NOS/c1-17-12-7-8-13(17)10-14(9-12)20-16(19)15(18)11-5-3-2-4-6-11;1-4-7-10(8-5-2)9(11)12-6-3;1-3-5-8(6-4-2)7(9)10/h2-6,12-15,18H,7-10H2,1H3;4-8H2,1-3H3;3-6H2,1-2H3,(H,9,10)/t12-,13+,14?,15?;;. The van der Waals surface area contributed by atoms with E-state index in [1.165, 1.54) is 24.6 Å². The Balaban J connectivity index is 0.000000346. The van der Waals surface area contributed by atoms with Crippen molar-refractivity contribution in [2.45, 2.75) is 110 Å². The number of piperidine rings is 1. The molecule has 1 N–H and O–H groups in total. The molecule has 42 heavy (non-hydrogen) atoms. The number of aliphatic hydroxyl groups is 1. The average Bonchev–Trinajstić information content (AvgIpc) is 3.17. The molecule has 2 bridgehead atoms. The number of fused-ring (bicyclic) bond motifs is 2. The molecule has 2 unspecified atom stereocenters. The van der Waals surface area contributed by atoms with Gasteiger partial charge in [0.05, 0.1) is 0 Å². The maximum absolute atomic E-state index is 12.0. The maximum Gasteiger partial charge on any atom is 0.339 e. The zero-order valence-electron chi connectivity index (χ0n) is 26.7. The lowest BCUT2D eigenvalue weighted by Gasteiger charge is -2.36. The van der Waals surface area contributed by atoms with Crippen LogP contribution in [0, 0.1) is 0 Å². The van der Waals surface area contributed by atoms with Crippen LogP contribution >= 0.6 is 24.4 Å². The summed E-state index contributed by atoms with van der Waals surface area (Å²) >= 11 is 5.15. The summed E-state index contributed by atoms with van der Waals surface area (Å²) in [5.41, 5.74) is 0.591. The molecule has 2 amide bonds. The third-order valence-electron chi connectivity index (χ3n) is 7.45. The number of aliphatic hydroxyl groups excluding tert-OH is 1. The Labute approximate surface area is 264 Å². The molecule has 0 aliphatic carbocycles. The first-order chi connectivity index (χ1) is 20.1. The van der Waals surface area contributed by atoms with Crippen molar-refractivity contribution >= 4 is 40.8 Å². The Morgan fingerprint density at radius 2 is 1.38 bits per heavy atom. The SMILES string of the molecule is CCCN(CCC)C(=O)S.CCCN(CCC)C(=O)SCC.CN1[C@@H]2CC[C@H]1CC(OC(=O)C(O)c1ccccc1)C2. The van der Waals surface area contributed by atoms with E-state index in [1.54, 1.807) is 17.0 Å². The second-order valence-electron chi connectivity index (χ2n) is 10.8. The van der Waals surface area contributed by atoms with Crippen molar-refractivity contribution < 1.29 is 24.2 Å². The minimum Gasteiger partial charge on any atom is -0.460 e. The Morgan fingerprint density at radius 1 is 0.905 bits per heavy atom. The van der Waals surface area contributed by atoms with Gasteiger partial charge < -0.3 is 24.5 Å². The lowest BCUT2D eigenvalue weighted by atomic mass is 10.0. The zero-order valence-corrected chi connectivity index (χ0v) is 28.4. The Morgan fingerprint density at radius 3 is 1.81 bits per heavy atom. The molecule has 1 aromatic carbocycles. The van der Waals surface area contributed by atoms with E-state index >= 15 is 0 Å². The molecule has 240 valence electrons.